The number of nitrogens with two attached hydrogens (primary N) is 1. The molecule has 1 aromatic carbocycles. The average Bonchev–Trinajstić information content (AvgIpc) is 2.59. The predicted molar refractivity (Wildman–Crippen MR) is 96.2 cm³/mol. The normalized spacial score (nSPS) is 10.5. The largest absolute Gasteiger partial charge is 0.338 e. The molecular formula is C20H24FN3. The standard InChI is InChI=1S/C20H24FN3/c1-4-6-7-10-24(16(3)14-22)20(5-2)9-8-17-11-18(15-23)13-19(21)12-17/h5,11-13H,3-4,6-7,10,14,22H2,1-2H3/b20-5-. The first-order valence-electron chi connectivity index (χ1n) is 8.10. The van der Waals surface area contributed by atoms with E-state index >= 15 is 0 Å². The van der Waals surface area contributed by atoms with Crippen molar-refractivity contribution in [3.05, 3.63) is 59.2 Å². The van der Waals surface area contributed by atoms with Gasteiger partial charge in [0.15, 0.2) is 0 Å². The SMILES string of the molecule is C=C(CN)N(CCCCC)/C(C#Cc1cc(F)cc(C#N)c1)=C\C. The Morgan fingerprint density at radius 3 is 2.62 bits per heavy atom. The highest BCUT2D eigenvalue weighted by atomic mass is 19.1. The number of unbranched alkanes of at least 4 members (excludes halogenated alkanes) is 2. The maximum atomic E-state index is 13.5. The second-order valence-corrected chi connectivity index (χ2v) is 5.39. The van der Waals surface area contributed by atoms with Crippen molar-refractivity contribution in [1.29, 1.82) is 5.26 Å². The Hall–Kier alpha value is -2.56. The van der Waals surface area contributed by atoms with Gasteiger partial charge in [-0.15, -0.1) is 0 Å². The van der Waals surface area contributed by atoms with Crippen LogP contribution < -0.4 is 5.73 Å². The van der Waals surface area contributed by atoms with Gasteiger partial charge in [0, 0.05) is 24.4 Å². The lowest BCUT2D eigenvalue weighted by molar-refractivity contribution is 0.419. The molecule has 2 N–H and O–H groups in total. The monoisotopic (exact) mass is 325 g/mol. The molecule has 0 fully saturated rings. The molecule has 0 unspecified atom stereocenters. The summed E-state index contributed by atoms with van der Waals surface area (Å²) in [5.74, 6) is 5.51. The van der Waals surface area contributed by atoms with Crippen molar-refractivity contribution in [1.82, 2.24) is 4.90 Å². The Morgan fingerprint density at radius 2 is 2.04 bits per heavy atom. The molecule has 4 heteroatoms. The number of nitriles is 1. The number of allylic oxidation sites excluding steroid dienone is 2. The van der Waals surface area contributed by atoms with Crippen molar-refractivity contribution >= 4 is 0 Å². The summed E-state index contributed by atoms with van der Waals surface area (Å²) in [5.41, 5.74) is 8.04. The molecule has 0 radical (unpaired) electrons. The smallest absolute Gasteiger partial charge is 0.125 e. The third kappa shape index (κ3) is 5.91. The second-order valence-electron chi connectivity index (χ2n) is 5.39. The molecule has 0 aromatic heterocycles. The second kappa shape index (κ2) is 10.3. The van der Waals surface area contributed by atoms with Gasteiger partial charge in [0.25, 0.3) is 0 Å². The zero-order valence-corrected chi connectivity index (χ0v) is 14.4. The van der Waals surface area contributed by atoms with Crippen LogP contribution in [0.2, 0.25) is 0 Å². The van der Waals surface area contributed by atoms with Crippen molar-refractivity contribution in [2.75, 3.05) is 13.1 Å². The van der Waals surface area contributed by atoms with Gasteiger partial charge in [0.2, 0.25) is 0 Å². The van der Waals surface area contributed by atoms with Crippen molar-refractivity contribution in [3.63, 3.8) is 0 Å². The molecule has 0 aliphatic rings. The number of benzene rings is 1. The molecule has 1 rings (SSSR count). The van der Waals surface area contributed by atoms with Crippen LogP contribution >= 0.6 is 0 Å². The molecular weight excluding hydrogens is 301 g/mol. The van der Waals surface area contributed by atoms with Crippen molar-refractivity contribution in [3.8, 4) is 17.9 Å². The average molecular weight is 325 g/mol. The molecule has 24 heavy (non-hydrogen) atoms. The number of nitrogens with zero attached hydrogens (tertiary/aromatic N) is 2. The van der Waals surface area contributed by atoms with Gasteiger partial charge < -0.3 is 10.6 Å². The summed E-state index contributed by atoms with van der Waals surface area (Å²) in [6, 6.07) is 6.01. The van der Waals surface area contributed by atoms with Crippen LogP contribution in [0.5, 0.6) is 0 Å². The van der Waals surface area contributed by atoms with Crippen molar-refractivity contribution in [2.24, 2.45) is 5.73 Å². The van der Waals surface area contributed by atoms with E-state index in [-0.39, 0.29) is 5.56 Å². The fourth-order valence-corrected chi connectivity index (χ4v) is 2.24. The minimum Gasteiger partial charge on any atom is -0.338 e. The Morgan fingerprint density at radius 1 is 1.33 bits per heavy atom. The summed E-state index contributed by atoms with van der Waals surface area (Å²) in [5, 5.41) is 8.91. The van der Waals surface area contributed by atoms with E-state index in [9.17, 15) is 4.39 Å². The third-order valence-corrected chi connectivity index (χ3v) is 3.53. The summed E-state index contributed by atoms with van der Waals surface area (Å²) in [6.07, 6.45) is 5.16. The number of hydrogen-bond acceptors (Lipinski definition) is 3. The first-order valence-corrected chi connectivity index (χ1v) is 8.10. The van der Waals surface area contributed by atoms with Gasteiger partial charge in [0.1, 0.15) is 5.82 Å². The highest BCUT2D eigenvalue weighted by molar-refractivity contribution is 5.45. The van der Waals surface area contributed by atoms with Gasteiger partial charge in [-0.2, -0.15) is 5.26 Å². The molecule has 0 spiro atoms. The summed E-state index contributed by atoms with van der Waals surface area (Å²) < 4.78 is 13.5. The molecule has 0 bridgehead atoms. The van der Waals surface area contributed by atoms with E-state index in [0.29, 0.717) is 12.1 Å². The Balaban J connectivity index is 3.06. The Kier molecular flexibility index (Phi) is 8.33. The van der Waals surface area contributed by atoms with Crippen LogP contribution in [0.1, 0.15) is 44.2 Å². The topological polar surface area (TPSA) is 53.0 Å². The maximum Gasteiger partial charge on any atom is 0.125 e. The minimum absolute atomic E-state index is 0.257. The summed E-state index contributed by atoms with van der Waals surface area (Å²) >= 11 is 0. The third-order valence-electron chi connectivity index (χ3n) is 3.53. The van der Waals surface area contributed by atoms with Gasteiger partial charge >= 0.3 is 0 Å². The van der Waals surface area contributed by atoms with Gasteiger partial charge in [0.05, 0.1) is 17.3 Å². The first-order chi connectivity index (χ1) is 11.5. The van der Waals surface area contributed by atoms with Gasteiger partial charge in [-0.05, 0) is 37.5 Å². The molecule has 0 saturated heterocycles. The van der Waals surface area contributed by atoms with Crippen LogP contribution in [-0.4, -0.2) is 18.0 Å². The van der Waals surface area contributed by atoms with E-state index in [1.165, 1.54) is 12.1 Å². The summed E-state index contributed by atoms with van der Waals surface area (Å²) in [4.78, 5) is 2.01. The van der Waals surface area contributed by atoms with Gasteiger partial charge in [-0.1, -0.05) is 38.3 Å². The molecule has 0 aliphatic carbocycles. The number of hydrogen-bond donors (Lipinski definition) is 1. The summed E-state index contributed by atoms with van der Waals surface area (Å²) in [7, 11) is 0. The fourth-order valence-electron chi connectivity index (χ4n) is 2.24. The first kappa shape index (κ1) is 19.5. The molecule has 0 amide bonds. The van der Waals surface area contributed by atoms with Crippen molar-refractivity contribution < 1.29 is 4.39 Å². The Labute approximate surface area is 144 Å². The highest BCUT2D eigenvalue weighted by Gasteiger charge is 2.09. The molecule has 0 saturated carbocycles. The highest BCUT2D eigenvalue weighted by Crippen LogP contribution is 2.14. The van der Waals surface area contributed by atoms with Crippen LogP contribution in [0.15, 0.2) is 42.2 Å². The lowest BCUT2D eigenvalue weighted by Gasteiger charge is -2.25. The van der Waals surface area contributed by atoms with Crippen LogP contribution in [0.4, 0.5) is 4.39 Å². The molecule has 3 nitrogen and oxygen atoms in total. The van der Waals surface area contributed by atoms with Crippen LogP contribution in [0.3, 0.4) is 0 Å². The van der Waals surface area contributed by atoms with E-state index < -0.39 is 5.82 Å². The van der Waals surface area contributed by atoms with Gasteiger partial charge in [-0.25, -0.2) is 4.39 Å². The molecule has 0 atom stereocenters. The maximum absolute atomic E-state index is 13.5. The summed E-state index contributed by atoms with van der Waals surface area (Å²) in [6.45, 7) is 9.20. The minimum atomic E-state index is -0.466. The van der Waals surface area contributed by atoms with E-state index in [1.54, 1.807) is 6.07 Å². The lowest BCUT2D eigenvalue weighted by Crippen LogP contribution is -2.27. The van der Waals surface area contributed by atoms with E-state index in [2.05, 4.69) is 25.3 Å². The van der Waals surface area contributed by atoms with Crippen LogP contribution in [0, 0.1) is 29.0 Å². The molecule has 1 aromatic rings. The predicted octanol–water partition coefficient (Wildman–Crippen LogP) is 3.92. The number of rotatable bonds is 7. The van der Waals surface area contributed by atoms with E-state index in [4.69, 9.17) is 11.0 Å². The quantitative estimate of drug-likeness (QED) is 0.611. The van der Waals surface area contributed by atoms with Gasteiger partial charge in [-0.3, -0.25) is 0 Å². The van der Waals surface area contributed by atoms with Crippen LogP contribution in [0.25, 0.3) is 0 Å². The van der Waals surface area contributed by atoms with Crippen LogP contribution in [-0.2, 0) is 0 Å². The Bertz CT molecular complexity index is 702. The van der Waals surface area contributed by atoms with E-state index in [1.807, 2.05) is 24.0 Å². The molecule has 126 valence electrons. The van der Waals surface area contributed by atoms with E-state index in [0.717, 1.165) is 37.2 Å². The zero-order valence-electron chi connectivity index (χ0n) is 14.4. The molecule has 0 heterocycles. The van der Waals surface area contributed by atoms with Crippen molar-refractivity contribution in [2.45, 2.75) is 33.1 Å². The molecule has 0 aliphatic heterocycles. The lowest BCUT2D eigenvalue weighted by atomic mass is 10.1. The zero-order chi connectivity index (χ0) is 17.9. The number of halogens is 1. The fraction of sp³-hybridized carbons (Fsp3) is 0.350.